The first-order valence-corrected chi connectivity index (χ1v) is 9.54. The molecule has 5 heterocycles. The number of aromatic nitrogens is 1. The third kappa shape index (κ3) is 3.32. The van der Waals surface area contributed by atoms with Gasteiger partial charge in [-0.15, -0.1) is 11.3 Å². The van der Waals surface area contributed by atoms with Crippen LogP contribution < -0.4 is 5.32 Å². The maximum Gasteiger partial charge on any atom is 0.261 e. The molecule has 5 nitrogen and oxygen atoms in total. The van der Waals surface area contributed by atoms with Crippen LogP contribution in [0.1, 0.15) is 28.2 Å². The van der Waals surface area contributed by atoms with Gasteiger partial charge < -0.3 is 14.6 Å². The molecule has 0 aliphatic carbocycles. The van der Waals surface area contributed by atoms with Gasteiger partial charge in [0.2, 0.25) is 0 Å². The fraction of sp³-hybridized carbons (Fsp3) is 0.500. The normalized spacial score (nSPS) is 26.4. The van der Waals surface area contributed by atoms with Crippen molar-refractivity contribution in [2.24, 2.45) is 5.92 Å². The van der Waals surface area contributed by atoms with Crippen molar-refractivity contribution in [3.63, 3.8) is 0 Å². The molecule has 2 aromatic rings. The Bertz CT molecular complexity index is 704. The number of carbonyl (C=O) groups excluding carboxylic acids is 1. The lowest BCUT2D eigenvalue weighted by Gasteiger charge is -2.44. The predicted molar refractivity (Wildman–Crippen MR) is 90.1 cm³/mol. The van der Waals surface area contributed by atoms with Gasteiger partial charge in [0.25, 0.3) is 11.1 Å². The molecule has 7 heteroatoms. The molecular weight excluding hydrogens is 330 g/mol. The second kappa shape index (κ2) is 6.30. The minimum Gasteiger partial charge on any atom is -0.439 e. The number of nitrogens with zero attached hydrogens (tertiary/aromatic N) is 2. The van der Waals surface area contributed by atoms with Gasteiger partial charge in [-0.2, -0.15) is 0 Å². The number of aryl methyl sites for hydroxylation is 1. The molecule has 3 fully saturated rings. The van der Waals surface area contributed by atoms with E-state index in [1.807, 2.05) is 19.1 Å². The van der Waals surface area contributed by atoms with Gasteiger partial charge in [-0.25, -0.2) is 4.98 Å². The van der Waals surface area contributed by atoms with Crippen LogP contribution in [-0.4, -0.2) is 41.5 Å². The van der Waals surface area contributed by atoms with Crippen molar-refractivity contribution >= 4 is 29.0 Å². The molecule has 122 valence electrons. The number of fused-ring (bicyclic) bond motifs is 3. The second-order valence-corrected chi connectivity index (χ2v) is 8.53. The van der Waals surface area contributed by atoms with E-state index in [0.29, 0.717) is 17.2 Å². The summed E-state index contributed by atoms with van der Waals surface area (Å²) < 4.78 is 6.36. The molecule has 0 spiro atoms. The van der Waals surface area contributed by atoms with Gasteiger partial charge in [0.15, 0.2) is 0 Å². The van der Waals surface area contributed by atoms with Crippen molar-refractivity contribution in [3.05, 3.63) is 29.0 Å². The van der Waals surface area contributed by atoms with Crippen molar-refractivity contribution < 1.29 is 9.21 Å². The van der Waals surface area contributed by atoms with E-state index in [4.69, 9.17) is 4.42 Å². The largest absolute Gasteiger partial charge is 0.439 e. The van der Waals surface area contributed by atoms with E-state index >= 15 is 0 Å². The van der Waals surface area contributed by atoms with Crippen LogP contribution in [0.3, 0.4) is 0 Å². The van der Waals surface area contributed by atoms with Crippen molar-refractivity contribution in [2.45, 2.75) is 35.2 Å². The molecule has 0 aromatic carbocycles. The molecule has 0 saturated carbocycles. The van der Waals surface area contributed by atoms with Gasteiger partial charge in [-0.1, -0.05) is 0 Å². The summed E-state index contributed by atoms with van der Waals surface area (Å²) in [5.41, 5.74) is 0.865. The Hall–Kier alpha value is -1.31. The number of carbonyl (C=O) groups is 1. The van der Waals surface area contributed by atoms with Crippen LogP contribution in [0.4, 0.5) is 0 Å². The maximum atomic E-state index is 12.5. The molecule has 1 unspecified atom stereocenters. The molecule has 0 radical (unpaired) electrons. The van der Waals surface area contributed by atoms with Gasteiger partial charge in [0.1, 0.15) is 6.26 Å². The molecule has 1 N–H and O–H groups in total. The SMILES string of the molecule is Cc1coc(Sc2ccc(C(=O)NC3CN4CCC3CC4)s2)n1. The van der Waals surface area contributed by atoms with E-state index in [9.17, 15) is 4.79 Å². The lowest BCUT2D eigenvalue weighted by Crippen LogP contribution is -2.57. The van der Waals surface area contributed by atoms with Gasteiger partial charge in [-0.05, 0) is 62.7 Å². The van der Waals surface area contributed by atoms with Crippen LogP contribution >= 0.6 is 23.1 Å². The maximum absolute atomic E-state index is 12.5. The Morgan fingerprint density at radius 2 is 2.26 bits per heavy atom. The Balaban J connectivity index is 1.39. The first-order chi connectivity index (χ1) is 11.2. The van der Waals surface area contributed by atoms with Crippen molar-refractivity contribution in [1.29, 1.82) is 0 Å². The number of rotatable bonds is 4. The van der Waals surface area contributed by atoms with Crippen LogP contribution in [0.25, 0.3) is 0 Å². The lowest BCUT2D eigenvalue weighted by atomic mass is 9.84. The average molecular weight is 349 g/mol. The summed E-state index contributed by atoms with van der Waals surface area (Å²) in [6, 6.07) is 4.15. The monoisotopic (exact) mass is 349 g/mol. The number of oxazole rings is 1. The van der Waals surface area contributed by atoms with E-state index in [2.05, 4.69) is 15.2 Å². The van der Waals surface area contributed by atoms with Crippen molar-refractivity contribution in [1.82, 2.24) is 15.2 Å². The summed E-state index contributed by atoms with van der Waals surface area (Å²) in [6.07, 6.45) is 4.05. The van der Waals surface area contributed by atoms with Crippen LogP contribution in [0, 0.1) is 12.8 Å². The lowest BCUT2D eigenvalue weighted by molar-refractivity contribution is 0.0622. The second-order valence-electron chi connectivity index (χ2n) is 6.19. The highest BCUT2D eigenvalue weighted by Gasteiger charge is 2.35. The number of piperidine rings is 3. The Kier molecular flexibility index (Phi) is 4.17. The quantitative estimate of drug-likeness (QED) is 0.919. The summed E-state index contributed by atoms with van der Waals surface area (Å²) in [4.78, 5) is 20.0. The third-order valence-corrected chi connectivity index (χ3v) is 6.64. The minimum absolute atomic E-state index is 0.0455. The molecular formula is C16H19N3O2S2. The summed E-state index contributed by atoms with van der Waals surface area (Å²) in [5.74, 6) is 0.692. The Morgan fingerprint density at radius 1 is 1.43 bits per heavy atom. The molecule has 3 aliphatic heterocycles. The van der Waals surface area contributed by atoms with Crippen molar-refractivity contribution in [3.8, 4) is 0 Å². The topological polar surface area (TPSA) is 58.4 Å². The highest BCUT2D eigenvalue weighted by atomic mass is 32.2. The zero-order chi connectivity index (χ0) is 15.8. The molecule has 1 amide bonds. The van der Waals surface area contributed by atoms with E-state index in [1.54, 1.807) is 6.26 Å². The van der Waals surface area contributed by atoms with Gasteiger partial charge in [0.05, 0.1) is 14.8 Å². The Labute approximate surface area is 143 Å². The molecule has 3 aliphatic rings. The van der Waals surface area contributed by atoms with E-state index < -0.39 is 0 Å². The number of amides is 1. The van der Waals surface area contributed by atoms with Crippen molar-refractivity contribution in [2.75, 3.05) is 19.6 Å². The molecule has 5 rings (SSSR count). The summed E-state index contributed by atoms with van der Waals surface area (Å²) >= 11 is 2.95. The van der Waals surface area contributed by atoms with E-state index in [-0.39, 0.29) is 5.91 Å². The minimum atomic E-state index is 0.0455. The smallest absolute Gasteiger partial charge is 0.261 e. The van der Waals surface area contributed by atoms with Gasteiger partial charge >= 0.3 is 0 Å². The van der Waals surface area contributed by atoms with Crippen LogP contribution in [0.5, 0.6) is 0 Å². The van der Waals surface area contributed by atoms with Gasteiger partial charge in [-0.3, -0.25) is 4.79 Å². The zero-order valence-electron chi connectivity index (χ0n) is 12.9. The standard InChI is InChI=1S/C16H19N3O2S2/c1-10-9-21-16(17-10)23-14-3-2-13(22-14)15(20)18-12-8-19-6-4-11(12)5-7-19/h2-3,9,11-12H,4-8H2,1H3,(H,18,20). The van der Waals surface area contributed by atoms with Gasteiger partial charge in [0, 0.05) is 12.6 Å². The van der Waals surface area contributed by atoms with E-state index in [1.165, 1.54) is 49.0 Å². The Morgan fingerprint density at radius 3 is 2.91 bits per heavy atom. The van der Waals surface area contributed by atoms with Crippen LogP contribution in [-0.2, 0) is 0 Å². The number of thiophene rings is 1. The fourth-order valence-corrected chi connectivity index (χ4v) is 5.21. The first-order valence-electron chi connectivity index (χ1n) is 7.90. The summed E-state index contributed by atoms with van der Waals surface area (Å²) in [6.45, 7) is 5.27. The highest BCUT2D eigenvalue weighted by molar-refractivity contribution is 8.01. The predicted octanol–water partition coefficient (Wildman–Crippen LogP) is 3.02. The van der Waals surface area contributed by atoms with E-state index in [0.717, 1.165) is 21.3 Å². The summed E-state index contributed by atoms with van der Waals surface area (Å²) in [7, 11) is 0. The van der Waals surface area contributed by atoms with Crippen LogP contribution in [0.15, 0.2) is 32.2 Å². The average Bonchev–Trinajstić information content (AvgIpc) is 3.18. The number of hydrogen-bond acceptors (Lipinski definition) is 6. The van der Waals surface area contributed by atoms with Crippen LogP contribution in [0.2, 0.25) is 0 Å². The molecule has 1 atom stereocenters. The molecule has 23 heavy (non-hydrogen) atoms. The highest BCUT2D eigenvalue weighted by Crippen LogP contribution is 2.33. The molecule has 2 aromatic heterocycles. The third-order valence-electron chi connectivity index (χ3n) is 4.56. The number of hydrogen-bond donors (Lipinski definition) is 1. The number of nitrogens with one attached hydrogen (secondary N) is 1. The fourth-order valence-electron chi connectivity index (χ4n) is 3.33. The zero-order valence-corrected chi connectivity index (χ0v) is 14.6. The summed E-state index contributed by atoms with van der Waals surface area (Å²) in [5, 5.41) is 3.85. The molecule has 3 saturated heterocycles. The first kappa shape index (κ1) is 15.2. The molecule has 2 bridgehead atoms.